The van der Waals surface area contributed by atoms with E-state index in [9.17, 15) is 9.59 Å². The van der Waals surface area contributed by atoms with Gasteiger partial charge >= 0.3 is 0 Å². The molecule has 1 saturated heterocycles. The Morgan fingerprint density at radius 3 is 2.54 bits per heavy atom. The Morgan fingerprint density at radius 1 is 1.07 bits per heavy atom. The fourth-order valence-electron chi connectivity index (χ4n) is 3.30. The number of carbonyl (C=O) groups is 2. The van der Waals surface area contributed by atoms with Crippen LogP contribution in [-0.2, 0) is 23.8 Å². The van der Waals surface area contributed by atoms with E-state index in [1.165, 1.54) is 6.42 Å². The first-order chi connectivity index (χ1) is 13.6. The highest BCUT2D eigenvalue weighted by Crippen LogP contribution is 2.19. The fraction of sp³-hybridized carbons (Fsp3) is 0.900. The number of methoxy groups -OCH3 is 1. The maximum absolute atomic E-state index is 12.8. The monoisotopic (exact) mass is 401 g/mol. The molecule has 1 aliphatic rings. The number of likely N-dealkylation sites (N-methyl/N-ethyl adjacent to an activating group) is 1. The smallest absolute Gasteiger partial charge is 0.249 e. The highest BCUT2D eigenvalue weighted by Gasteiger charge is 2.35. The summed E-state index contributed by atoms with van der Waals surface area (Å²) in [5.74, 6) is -0.0721. The van der Waals surface area contributed by atoms with Gasteiger partial charge in [-0.25, -0.2) is 0 Å². The summed E-state index contributed by atoms with van der Waals surface area (Å²) in [5, 5.41) is 3.14. The largest absolute Gasteiger partial charge is 0.382 e. The summed E-state index contributed by atoms with van der Waals surface area (Å²) >= 11 is 0. The van der Waals surface area contributed by atoms with Gasteiger partial charge in [0.15, 0.2) is 0 Å². The van der Waals surface area contributed by atoms with Crippen LogP contribution in [0.4, 0.5) is 0 Å². The molecule has 1 atom stereocenters. The number of carbonyl (C=O) groups excluding carboxylic acids is 2. The normalized spacial score (nSPS) is 16.5. The lowest BCUT2D eigenvalue weighted by atomic mass is 10.1. The summed E-state index contributed by atoms with van der Waals surface area (Å²) in [7, 11) is 5.42. The number of rotatable bonds is 16. The van der Waals surface area contributed by atoms with Crippen LogP contribution >= 0.6 is 0 Å². The molecule has 1 N–H and O–H groups in total. The third-order valence-electron chi connectivity index (χ3n) is 4.93. The third kappa shape index (κ3) is 9.82. The van der Waals surface area contributed by atoms with Crippen molar-refractivity contribution in [2.45, 2.75) is 44.6 Å². The van der Waals surface area contributed by atoms with Crippen LogP contribution < -0.4 is 5.32 Å². The molecule has 0 bridgehead atoms. The second kappa shape index (κ2) is 15.7. The Morgan fingerprint density at radius 2 is 1.79 bits per heavy atom. The zero-order valence-electron chi connectivity index (χ0n) is 17.9. The van der Waals surface area contributed by atoms with Crippen molar-refractivity contribution in [3.63, 3.8) is 0 Å². The topological polar surface area (TPSA) is 80.3 Å². The van der Waals surface area contributed by atoms with Crippen molar-refractivity contribution in [1.29, 1.82) is 0 Å². The number of hydrogen-bond acceptors (Lipinski definition) is 6. The third-order valence-corrected chi connectivity index (χ3v) is 4.93. The van der Waals surface area contributed by atoms with Crippen molar-refractivity contribution in [3.05, 3.63) is 0 Å². The van der Waals surface area contributed by atoms with E-state index in [0.717, 1.165) is 45.2 Å². The molecule has 8 nitrogen and oxygen atoms in total. The van der Waals surface area contributed by atoms with Gasteiger partial charge in [0.25, 0.3) is 0 Å². The molecule has 0 radical (unpaired) electrons. The number of unbranched alkanes of at least 4 members (excludes halogenated alkanes) is 3. The van der Waals surface area contributed by atoms with Gasteiger partial charge in [-0.3, -0.25) is 9.59 Å². The standard InChI is InChI=1S/C20H39N3O5/c1-21-10-6-4-5-7-11-22(2)20(25)18-9-8-12-23(18)19(24)17-28-16-15-27-14-13-26-3/h18,21H,4-17H2,1-3H3. The van der Waals surface area contributed by atoms with Crippen molar-refractivity contribution in [3.8, 4) is 0 Å². The van der Waals surface area contributed by atoms with Gasteiger partial charge in [-0.2, -0.15) is 0 Å². The van der Waals surface area contributed by atoms with Gasteiger partial charge in [-0.1, -0.05) is 12.8 Å². The summed E-state index contributed by atoms with van der Waals surface area (Å²) in [5.41, 5.74) is 0. The van der Waals surface area contributed by atoms with Gasteiger partial charge in [0.1, 0.15) is 12.6 Å². The lowest BCUT2D eigenvalue weighted by Crippen LogP contribution is -2.47. The van der Waals surface area contributed by atoms with Gasteiger partial charge in [-0.15, -0.1) is 0 Å². The Hall–Kier alpha value is -1.22. The SMILES string of the molecule is CNCCCCCCN(C)C(=O)C1CCCN1C(=O)COCCOCCOC. The number of nitrogens with one attached hydrogen (secondary N) is 1. The van der Waals surface area contributed by atoms with Crippen LogP contribution in [0.3, 0.4) is 0 Å². The molecule has 0 saturated carbocycles. The maximum Gasteiger partial charge on any atom is 0.249 e. The second-order valence-electron chi connectivity index (χ2n) is 7.18. The highest BCUT2D eigenvalue weighted by atomic mass is 16.5. The first-order valence-corrected chi connectivity index (χ1v) is 10.4. The van der Waals surface area contributed by atoms with Crippen molar-refractivity contribution in [1.82, 2.24) is 15.1 Å². The summed E-state index contributed by atoms with van der Waals surface area (Å²) in [6.07, 6.45) is 6.04. The Balaban J connectivity index is 2.25. The van der Waals surface area contributed by atoms with E-state index in [2.05, 4.69) is 5.32 Å². The van der Waals surface area contributed by atoms with Crippen LogP contribution in [0.25, 0.3) is 0 Å². The molecule has 1 rings (SSSR count). The minimum Gasteiger partial charge on any atom is -0.382 e. The zero-order valence-corrected chi connectivity index (χ0v) is 17.9. The fourth-order valence-corrected chi connectivity index (χ4v) is 3.30. The number of amides is 2. The average molecular weight is 402 g/mol. The summed E-state index contributed by atoms with van der Waals surface area (Å²) in [6.45, 7) is 4.23. The number of hydrogen-bond donors (Lipinski definition) is 1. The highest BCUT2D eigenvalue weighted by molar-refractivity contribution is 5.88. The minimum absolute atomic E-state index is 0.00735. The predicted molar refractivity (Wildman–Crippen MR) is 108 cm³/mol. The molecular weight excluding hydrogens is 362 g/mol. The van der Waals surface area contributed by atoms with Crippen molar-refractivity contribution >= 4 is 11.8 Å². The second-order valence-corrected chi connectivity index (χ2v) is 7.18. The van der Waals surface area contributed by atoms with Crippen molar-refractivity contribution in [2.75, 3.05) is 73.9 Å². The van der Waals surface area contributed by atoms with Crippen molar-refractivity contribution in [2.24, 2.45) is 0 Å². The quantitative estimate of drug-likeness (QED) is 0.387. The first-order valence-electron chi connectivity index (χ1n) is 10.4. The van der Waals surface area contributed by atoms with Crippen LogP contribution in [0.1, 0.15) is 38.5 Å². The van der Waals surface area contributed by atoms with Gasteiger partial charge < -0.3 is 29.3 Å². The van der Waals surface area contributed by atoms with Gasteiger partial charge in [0.05, 0.1) is 26.4 Å². The van der Waals surface area contributed by atoms with Crippen LogP contribution in [0, 0.1) is 0 Å². The van der Waals surface area contributed by atoms with E-state index in [1.54, 1.807) is 16.9 Å². The number of ether oxygens (including phenoxy) is 3. The zero-order chi connectivity index (χ0) is 20.6. The van der Waals surface area contributed by atoms with Gasteiger partial charge in [-0.05, 0) is 39.3 Å². The molecule has 1 heterocycles. The minimum atomic E-state index is -0.344. The van der Waals surface area contributed by atoms with E-state index in [1.807, 2.05) is 14.1 Å². The Bertz CT molecular complexity index is 436. The maximum atomic E-state index is 12.8. The van der Waals surface area contributed by atoms with Gasteiger partial charge in [0.2, 0.25) is 11.8 Å². The Kier molecular flexibility index (Phi) is 13.9. The molecule has 1 aliphatic heterocycles. The van der Waals surface area contributed by atoms with Crippen LogP contribution in [0.5, 0.6) is 0 Å². The molecule has 1 fully saturated rings. The molecule has 0 aromatic rings. The molecule has 0 spiro atoms. The lowest BCUT2D eigenvalue weighted by molar-refractivity contribution is -0.146. The first kappa shape index (κ1) is 24.8. The average Bonchev–Trinajstić information content (AvgIpc) is 3.19. The van der Waals surface area contributed by atoms with E-state index in [4.69, 9.17) is 14.2 Å². The predicted octanol–water partition coefficient (Wildman–Crippen LogP) is 0.895. The van der Waals surface area contributed by atoms with Crippen LogP contribution in [0.2, 0.25) is 0 Å². The molecule has 8 heteroatoms. The number of nitrogens with zero attached hydrogens (tertiary/aromatic N) is 2. The summed E-state index contributed by atoms with van der Waals surface area (Å²) in [6, 6.07) is -0.344. The van der Waals surface area contributed by atoms with Crippen LogP contribution in [0.15, 0.2) is 0 Å². The van der Waals surface area contributed by atoms with E-state index in [-0.39, 0.29) is 24.5 Å². The molecule has 0 aromatic carbocycles. The van der Waals surface area contributed by atoms with Crippen molar-refractivity contribution < 1.29 is 23.8 Å². The van der Waals surface area contributed by atoms with E-state index >= 15 is 0 Å². The Labute approximate surface area is 169 Å². The molecule has 164 valence electrons. The van der Waals surface area contributed by atoms with Crippen LogP contribution in [-0.4, -0.2) is 102 Å². The molecule has 28 heavy (non-hydrogen) atoms. The summed E-state index contributed by atoms with van der Waals surface area (Å²) in [4.78, 5) is 28.6. The molecular formula is C20H39N3O5. The van der Waals surface area contributed by atoms with E-state index in [0.29, 0.717) is 33.0 Å². The molecule has 2 amide bonds. The van der Waals surface area contributed by atoms with Gasteiger partial charge in [0, 0.05) is 27.2 Å². The molecule has 0 aromatic heterocycles. The molecule has 0 aliphatic carbocycles. The number of likely N-dealkylation sites (tertiary alicyclic amines) is 1. The molecule has 1 unspecified atom stereocenters. The summed E-state index contributed by atoms with van der Waals surface area (Å²) < 4.78 is 15.6. The van der Waals surface area contributed by atoms with E-state index < -0.39 is 0 Å². The lowest BCUT2D eigenvalue weighted by Gasteiger charge is -2.28.